The van der Waals surface area contributed by atoms with Crippen LogP contribution in [-0.2, 0) is 65.4 Å². The standard InChI is InChI=1S/C79H154O17P2/c1-7-10-12-14-16-18-20-22-24-26-28-30-32-34-39-43-51-57-63-78(83)95-74(67-89-76(81)61-55-49-42-38-33-31-29-27-25-23-21-19-17-15-13-11-8-2)69-93-97(85,86)91-65-73(80)66-92-98(87,88)94-70-75(68-90-77(82)62-56-50-46-45-47-53-59-71(4)5)96-79(84)64-58-52-44-40-36-35-37-41-48-54-60-72(6)9-3/h71-75,80H,7-70H2,1-6H3,(H,85,86)(H,87,88)/t72?,73-,74-,75-/m1/s1. The van der Waals surface area contributed by atoms with Crippen molar-refractivity contribution >= 4 is 39.5 Å². The fourth-order valence-corrected chi connectivity index (χ4v) is 13.7. The number of hydrogen-bond donors (Lipinski definition) is 3. The molecule has 0 rings (SSSR count). The Bertz CT molecular complexity index is 1890. The van der Waals surface area contributed by atoms with Crippen molar-refractivity contribution in [3.8, 4) is 0 Å². The highest BCUT2D eigenvalue weighted by molar-refractivity contribution is 7.47. The summed E-state index contributed by atoms with van der Waals surface area (Å²) >= 11 is 0. The topological polar surface area (TPSA) is 237 Å². The minimum Gasteiger partial charge on any atom is -0.462 e. The Balaban J connectivity index is 5.23. The van der Waals surface area contributed by atoms with Gasteiger partial charge < -0.3 is 33.8 Å². The first-order chi connectivity index (χ1) is 47.4. The Morgan fingerprint density at radius 1 is 0.296 bits per heavy atom. The van der Waals surface area contributed by atoms with Gasteiger partial charge in [0, 0.05) is 25.7 Å². The number of hydrogen-bond acceptors (Lipinski definition) is 15. The number of carbonyl (C=O) groups is 4. The van der Waals surface area contributed by atoms with Crippen LogP contribution < -0.4 is 0 Å². The van der Waals surface area contributed by atoms with Gasteiger partial charge in [-0.25, -0.2) is 9.13 Å². The van der Waals surface area contributed by atoms with Crippen molar-refractivity contribution in [2.24, 2.45) is 11.8 Å². The van der Waals surface area contributed by atoms with Crippen molar-refractivity contribution in [3.05, 3.63) is 0 Å². The average molecular weight is 1440 g/mol. The minimum absolute atomic E-state index is 0.105. The van der Waals surface area contributed by atoms with Gasteiger partial charge >= 0.3 is 39.5 Å². The Morgan fingerprint density at radius 3 is 0.776 bits per heavy atom. The van der Waals surface area contributed by atoms with Crippen LogP contribution in [0.25, 0.3) is 0 Å². The lowest BCUT2D eigenvalue weighted by Gasteiger charge is -2.21. The number of rotatable bonds is 78. The number of ether oxygens (including phenoxy) is 4. The van der Waals surface area contributed by atoms with Gasteiger partial charge in [-0.3, -0.25) is 37.3 Å². The molecule has 0 heterocycles. The molecule has 17 nitrogen and oxygen atoms in total. The summed E-state index contributed by atoms with van der Waals surface area (Å²) in [6.07, 6.45) is 59.8. The van der Waals surface area contributed by atoms with Crippen LogP contribution in [0.4, 0.5) is 0 Å². The van der Waals surface area contributed by atoms with Crippen molar-refractivity contribution in [2.45, 2.75) is 432 Å². The maximum Gasteiger partial charge on any atom is 0.472 e. The summed E-state index contributed by atoms with van der Waals surface area (Å²) in [5.41, 5.74) is 0. The molecule has 0 spiro atoms. The van der Waals surface area contributed by atoms with Crippen LogP contribution in [0.2, 0.25) is 0 Å². The first-order valence-corrected chi connectivity index (χ1v) is 44.0. The highest BCUT2D eigenvalue weighted by Gasteiger charge is 2.30. The van der Waals surface area contributed by atoms with Crippen molar-refractivity contribution in [1.82, 2.24) is 0 Å². The Labute approximate surface area is 600 Å². The second kappa shape index (κ2) is 70.7. The molecule has 98 heavy (non-hydrogen) atoms. The monoisotopic (exact) mass is 1440 g/mol. The molecule has 0 aliphatic heterocycles. The molecule has 0 fully saturated rings. The van der Waals surface area contributed by atoms with E-state index in [-0.39, 0.29) is 25.7 Å². The van der Waals surface area contributed by atoms with Gasteiger partial charge in [0.15, 0.2) is 12.2 Å². The van der Waals surface area contributed by atoms with E-state index in [0.717, 1.165) is 102 Å². The van der Waals surface area contributed by atoms with E-state index in [1.54, 1.807) is 0 Å². The number of unbranched alkanes of at least 4 members (excludes halogenated alkanes) is 47. The highest BCUT2D eigenvalue weighted by Crippen LogP contribution is 2.45. The molecule has 0 amide bonds. The predicted octanol–water partition coefficient (Wildman–Crippen LogP) is 23.5. The average Bonchev–Trinajstić information content (AvgIpc) is 1.69. The summed E-state index contributed by atoms with van der Waals surface area (Å²) < 4.78 is 68.6. The van der Waals surface area contributed by atoms with Crippen LogP contribution in [0.5, 0.6) is 0 Å². The lowest BCUT2D eigenvalue weighted by Crippen LogP contribution is -2.30. The van der Waals surface area contributed by atoms with Crippen molar-refractivity contribution in [1.29, 1.82) is 0 Å². The first-order valence-electron chi connectivity index (χ1n) is 41.0. The van der Waals surface area contributed by atoms with Gasteiger partial charge in [0.2, 0.25) is 0 Å². The highest BCUT2D eigenvalue weighted by atomic mass is 31.2. The van der Waals surface area contributed by atoms with E-state index in [1.807, 2.05) is 0 Å². The summed E-state index contributed by atoms with van der Waals surface area (Å²) in [5.74, 6) is -0.631. The van der Waals surface area contributed by atoms with Crippen LogP contribution in [0.15, 0.2) is 0 Å². The second-order valence-electron chi connectivity index (χ2n) is 29.2. The molecule has 582 valence electrons. The molecule has 3 unspecified atom stereocenters. The molecular weight excluding hydrogens is 1280 g/mol. The number of aliphatic hydroxyl groups excluding tert-OH is 1. The lowest BCUT2D eigenvalue weighted by atomic mass is 9.99. The zero-order chi connectivity index (χ0) is 72.1. The van der Waals surface area contributed by atoms with Gasteiger partial charge in [0.05, 0.1) is 26.4 Å². The summed E-state index contributed by atoms with van der Waals surface area (Å²) in [6.45, 7) is 9.56. The zero-order valence-electron chi connectivity index (χ0n) is 64.1. The van der Waals surface area contributed by atoms with Crippen LogP contribution in [0.1, 0.15) is 414 Å². The van der Waals surface area contributed by atoms with Gasteiger partial charge in [-0.1, -0.05) is 363 Å². The van der Waals surface area contributed by atoms with Crippen molar-refractivity contribution < 1.29 is 80.2 Å². The molecule has 0 saturated carbocycles. The van der Waals surface area contributed by atoms with E-state index >= 15 is 0 Å². The third-order valence-corrected chi connectivity index (χ3v) is 20.7. The van der Waals surface area contributed by atoms with Gasteiger partial charge in [-0.2, -0.15) is 0 Å². The summed E-state index contributed by atoms with van der Waals surface area (Å²) in [5, 5.41) is 10.6. The molecular formula is C79H154O17P2. The quantitative estimate of drug-likeness (QED) is 0.0222. The maximum absolute atomic E-state index is 13.1. The molecule has 0 aromatic heterocycles. The fraction of sp³-hybridized carbons (Fsp3) is 0.949. The van der Waals surface area contributed by atoms with E-state index in [4.69, 9.17) is 37.0 Å². The van der Waals surface area contributed by atoms with E-state index in [1.165, 1.54) is 225 Å². The fourth-order valence-electron chi connectivity index (χ4n) is 12.2. The molecule has 19 heteroatoms. The molecule has 0 aromatic carbocycles. The van der Waals surface area contributed by atoms with Crippen LogP contribution in [0.3, 0.4) is 0 Å². The third kappa shape index (κ3) is 71.1. The summed E-state index contributed by atoms with van der Waals surface area (Å²) in [6, 6.07) is 0. The number of aliphatic hydroxyl groups is 1. The number of phosphoric acid groups is 2. The minimum atomic E-state index is -4.96. The maximum atomic E-state index is 13.1. The van der Waals surface area contributed by atoms with Crippen LogP contribution in [0, 0.1) is 11.8 Å². The van der Waals surface area contributed by atoms with Crippen molar-refractivity contribution in [2.75, 3.05) is 39.6 Å². The van der Waals surface area contributed by atoms with E-state index in [0.29, 0.717) is 31.6 Å². The largest absolute Gasteiger partial charge is 0.472 e. The lowest BCUT2D eigenvalue weighted by molar-refractivity contribution is -0.161. The summed E-state index contributed by atoms with van der Waals surface area (Å²) in [7, 11) is -9.92. The number of esters is 4. The summed E-state index contributed by atoms with van der Waals surface area (Å²) in [4.78, 5) is 72.9. The van der Waals surface area contributed by atoms with E-state index in [2.05, 4.69) is 41.5 Å². The first kappa shape index (κ1) is 96.1. The third-order valence-electron chi connectivity index (χ3n) is 18.8. The van der Waals surface area contributed by atoms with Gasteiger partial charge in [0.25, 0.3) is 0 Å². The molecule has 0 radical (unpaired) electrons. The van der Waals surface area contributed by atoms with Gasteiger partial charge in [-0.15, -0.1) is 0 Å². The Morgan fingerprint density at radius 2 is 0.520 bits per heavy atom. The predicted molar refractivity (Wildman–Crippen MR) is 400 cm³/mol. The SMILES string of the molecule is CCCCCCCCCCCCCCCCCCCCC(=O)O[C@H](COC(=O)CCCCCCCCCCCCCCCCCCC)COP(=O)(O)OC[C@@H](O)COP(=O)(O)OC[C@@H](COC(=O)CCCCCCCCC(C)C)OC(=O)CCCCCCCCCCCCC(C)CC. The Kier molecular flexibility index (Phi) is 69.3. The Hall–Kier alpha value is -1.94. The molecule has 6 atom stereocenters. The van der Waals surface area contributed by atoms with Crippen LogP contribution >= 0.6 is 15.6 Å². The van der Waals surface area contributed by atoms with E-state index in [9.17, 15) is 43.2 Å². The molecule has 3 N–H and O–H groups in total. The molecule has 0 aliphatic carbocycles. The zero-order valence-corrected chi connectivity index (χ0v) is 65.9. The smallest absolute Gasteiger partial charge is 0.462 e. The number of phosphoric ester groups is 2. The van der Waals surface area contributed by atoms with Gasteiger partial charge in [0.1, 0.15) is 19.3 Å². The molecule has 0 aliphatic rings. The van der Waals surface area contributed by atoms with Gasteiger partial charge in [-0.05, 0) is 37.5 Å². The van der Waals surface area contributed by atoms with Crippen molar-refractivity contribution in [3.63, 3.8) is 0 Å². The normalized spacial score (nSPS) is 14.2. The molecule has 0 aromatic rings. The van der Waals surface area contributed by atoms with Crippen LogP contribution in [-0.4, -0.2) is 96.7 Å². The number of carbonyl (C=O) groups excluding carboxylic acids is 4. The van der Waals surface area contributed by atoms with E-state index < -0.39 is 97.5 Å². The molecule has 0 bridgehead atoms. The second-order valence-corrected chi connectivity index (χ2v) is 32.1. The molecule has 0 saturated heterocycles.